The molecule has 0 atom stereocenters. The van der Waals surface area contributed by atoms with Gasteiger partial charge in [0.25, 0.3) is 5.91 Å². The molecule has 29 heavy (non-hydrogen) atoms. The predicted octanol–water partition coefficient (Wildman–Crippen LogP) is 3.54. The molecule has 0 aliphatic carbocycles. The predicted molar refractivity (Wildman–Crippen MR) is 111 cm³/mol. The van der Waals surface area contributed by atoms with Crippen LogP contribution in [-0.2, 0) is 14.8 Å². The molecule has 1 heterocycles. The minimum Gasteiger partial charge on any atom is -0.495 e. The Morgan fingerprint density at radius 2 is 1.83 bits per heavy atom. The number of nitrogens with zero attached hydrogens (tertiary/aromatic N) is 1. The van der Waals surface area contributed by atoms with Gasteiger partial charge in [0, 0.05) is 13.1 Å². The Balaban J connectivity index is 1.64. The SMILES string of the molecule is COc1ccccc1NC(=O)COc1ccc(S(=O)(=O)N2CCCCC2)cc1Cl. The number of nitrogens with one attached hydrogen (secondary N) is 1. The maximum absolute atomic E-state index is 12.7. The van der Waals surface area contributed by atoms with Crippen LogP contribution in [0.25, 0.3) is 0 Å². The molecule has 2 aromatic rings. The number of rotatable bonds is 7. The van der Waals surface area contributed by atoms with Gasteiger partial charge in [-0.25, -0.2) is 8.42 Å². The summed E-state index contributed by atoms with van der Waals surface area (Å²) in [6, 6.07) is 11.3. The Kier molecular flexibility index (Phi) is 7.00. The highest BCUT2D eigenvalue weighted by Gasteiger charge is 2.26. The van der Waals surface area contributed by atoms with E-state index < -0.39 is 15.9 Å². The lowest BCUT2D eigenvalue weighted by Crippen LogP contribution is -2.35. The van der Waals surface area contributed by atoms with Gasteiger partial charge in [-0.2, -0.15) is 4.31 Å². The van der Waals surface area contributed by atoms with Crippen molar-refractivity contribution in [1.29, 1.82) is 0 Å². The second-order valence-corrected chi connectivity index (χ2v) is 8.94. The lowest BCUT2D eigenvalue weighted by molar-refractivity contribution is -0.118. The molecular formula is C20H23ClN2O5S. The molecule has 156 valence electrons. The number of carbonyl (C=O) groups excluding carboxylic acids is 1. The number of para-hydroxylation sites is 2. The van der Waals surface area contributed by atoms with E-state index in [1.807, 2.05) is 0 Å². The second-order valence-electron chi connectivity index (χ2n) is 6.59. The summed E-state index contributed by atoms with van der Waals surface area (Å²) >= 11 is 6.21. The summed E-state index contributed by atoms with van der Waals surface area (Å²) in [6.07, 6.45) is 2.75. The molecule has 1 aliphatic rings. The molecule has 1 saturated heterocycles. The minimum atomic E-state index is -3.58. The van der Waals surface area contributed by atoms with Crippen molar-refractivity contribution >= 4 is 33.2 Å². The van der Waals surface area contributed by atoms with Crippen LogP contribution in [-0.4, -0.2) is 45.4 Å². The number of sulfonamides is 1. The number of methoxy groups -OCH3 is 1. The largest absolute Gasteiger partial charge is 0.495 e. The molecule has 2 aromatic carbocycles. The number of halogens is 1. The standard InChI is InChI=1S/C20H23ClN2O5S/c1-27-19-8-4-3-7-17(19)22-20(24)14-28-18-10-9-15(13-16(18)21)29(25,26)23-11-5-2-6-12-23/h3-4,7-10,13H,2,5-6,11-12,14H2,1H3,(H,22,24). The molecular weight excluding hydrogens is 416 g/mol. The number of carbonyl (C=O) groups is 1. The van der Waals surface area contributed by atoms with Gasteiger partial charge in [0.15, 0.2) is 6.61 Å². The maximum atomic E-state index is 12.7. The van der Waals surface area contributed by atoms with Gasteiger partial charge in [-0.1, -0.05) is 30.2 Å². The van der Waals surface area contributed by atoms with E-state index in [2.05, 4.69) is 5.32 Å². The molecule has 0 unspecified atom stereocenters. The van der Waals surface area contributed by atoms with E-state index in [-0.39, 0.29) is 22.3 Å². The monoisotopic (exact) mass is 438 g/mol. The van der Waals surface area contributed by atoms with Gasteiger partial charge in [0.2, 0.25) is 10.0 Å². The molecule has 7 nitrogen and oxygen atoms in total. The molecule has 0 saturated carbocycles. The fraction of sp³-hybridized carbons (Fsp3) is 0.350. The zero-order chi connectivity index (χ0) is 20.9. The lowest BCUT2D eigenvalue weighted by atomic mass is 10.2. The van der Waals surface area contributed by atoms with E-state index in [1.165, 1.54) is 29.6 Å². The Bertz CT molecular complexity index is 975. The molecule has 1 aliphatic heterocycles. The van der Waals surface area contributed by atoms with Crippen LogP contribution in [0.2, 0.25) is 5.02 Å². The van der Waals surface area contributed by atoms with Gasteiger partial charge >= 0.3 is 0 Å². The highest BCUT2D eigenvalue weighted by atomic mass is 35.5. The van der Waals surface area contributed by atoms with E-state index in [4.69, 9.17) is 21.1 Å². The summed E-state index contributed by atoms with van der Waals surface area (Å²) in [4.78, 5) is 12.3. The fourth-order valence-corrected chi connectivity index (χ4v) is 4.93. The van der Waals surface area contributed by atoms with E-state index >= 15 is 0 Å². The zero-order valence-corrected chi connectivity index (χ0v) is 17.6. The van der Waals surface area contributed by atoms with Gasteiger partial charge in [-0.05, 0) is 43.2 Å². The summed E-state index contributed by atoms with van der Waals surface area (Å²) in [5.74, 6) is 0.376. The smallest absolute Gasteiger partial charge is 0.262 e. The van der Waals surface area contributed by atoms with Gasteiger partial charge < -0.3 is 14.8 Å². The summed E-state index contributed by atoms with van der Waals surface area (Å²) in [6.45, 7) is 0.749. The number of hydrogen-bond acceptors (Lipinski definition) is 5. The Hall–Kier alpha value is -2.29. The molecule has 0 aromatic heterocycles. The third kappa shape index (κ3) is 5.20. The first-order valence-corrected chi connectivity index (χ1v) is 11.1. The Morgan fingerprint density at radius 1 is 1.10 bits per heavy atom. The number of piperidine rings is 1. The van der Waals surface area contributed by atoms with Crippen LogP contribution in [0.15, 0.2) is 47.4 Å². The van der Waals surface area contributed by atoms with Crippen molar-refractivity contribution in [3.05, 3.63) is 47.5 Å². The van der Waals surface area contributed by atoms with Crippen molar-refractivity contribution in [3.63, 3.8) is 0 Å². The third-order valence-corrected chi connectivity index (χ3v) is 6.79. The molecule has 0 radical (unpaired) electrons. The van der Waals surface area contributed by atoms with Crippen LogP contribution in [0.4, 0.5) is 5.69 Å². The number of anilines is 1. The number of ether oxygens (including phenoxy) is 2. The summed E-state index contributed by atoms with van der Waals surface area (Å²) in [7, 11) is -2.07. The van der Waals surface area contributed by atoms with Gasteiger partial charge in [-0.3, -0.25) is 4.79 Å². The zero-order valence-electron chi connectivity index (χ0n) is 16.1. The van der Waals surface area contributed by atoms with Gasteiger partial charge in [0.05, 0.1) is 22.7 Å². The van der Waals surface area contributed by atoms with E-state index in [9.17, 15) is 13.2 Å². The normalized spacial score (nSPS) is 15.0. The van der Waals surface area contributed by atoms with Crippen molar-refractivity contribution in [2.45, 2.75) is 24.2 Å². The average Bonchev–Trinajstić information content (AvgIpc) is 2.73. The van der Waals surface area contributed by atoms with Crippen molar-refractivity contribution in [2.75, 3.05) is 32.1 Å². The highest BCUT2D eigenvalue weighted by Crippen LogP contribution is 2.30. The quantitative estimate of drug-likeness (QED) is 0.714. The van der Waals surface area contributed by atoms with Gasteiger partial charge in [0.1, 0.15) is 11.5 Å². The Morgan fingerprint density at radius 3 is 2.52 bits per heavy atom. The first-order chi connectivity index (χ1) is 13.9. The maximum Gasteiger partial charge on any atom is 0.262 e. The summed E-state index contributed by atoms with van der Waals surface area (Å²) in [5, 5.41) is 2.83. The average molecular weight is 439 g/mol. The van der Waals surface area contributed by atoms with Crippen LogP contribution in [0.5, 0.6) is 11.5 Å². The van der Waals surface area contributed by atoms with Crippen molar-refractivity contribution < 1.29 is 22.7 Å². The van der Waals surface area contributed by atoms with Crippen molar-refractivity contribution in [3.8, 4) is 11.5 Å². The van der Waals surface area contributed by atoms with Gasteiger partial charge in [-0.15, -0.1) is 0 Å². The lowest BCUT2D eigenvalue weighted by Gasteiger charge is -2.26. The molecule has 1 fully saturated rings. The molecule has 1 amide bonds. The highest BCUT2D eigenvalue weighted by molar-refractivity contribution is 7.89. The number of amides is 1. The summed E-state index contributed by atoms with van der Waals surface area (Å²) < 4.78 is 37.6. The summed E-state index contributed by atoms with van der Waals surface area (Å²) in [5.41, 5.74) is 0.526. The third-order valence-electron chi connectivity index (χ3n) is 4.60. The topological polar surface area (TPSA) is 84.9 Å². The number of hydrogen-bond donors (Lipinski definition) is 1. The van der Waals surface area contributed by atoms with Crippen molar-refractivity contribution in [2.24, 2.45) is 0 Å². The van der Waals surface area contributed by atoms with E-state index in [1.54, 1.807) is 24.3 Å². The molecule has 0 spiro atoms. The molecule has 1 N–H and O–H groups in total. The van der Waals surface area contributed by atoms with Crippen LogP contribution < -0.4 is 14.8 Å². The minimum absolute atomic E-state index is 0.121. The second kappa shape index (κ2) is 9.47. The molecule has 3 rings (SSSR count). The Labute approximate surface area is 175 Å². The van der Waals surface area contributed by atoms with Crippen LogP contribution in [0.1, 0.15) is 19.3 Å². The first kappa shape index (κ1) is 21.4. The molecule has 0 bridgehead atoms. The number of benzene rings is 2. The van der Waals surface area contributed by atoms with E-state index in [0.717, 1.165) is 19.3 Å². The van der Waals surface area contributed by atoms with E-state index in [0.29, 0.717) is 24.5 Å². The van der Waals surface area contributed by atoms with Crippen LogP contribution in [0.3, 0.4) is 0 Å². The van der Waals surface area contributed by atoms with Crippen LogP contribution >= 0.6 is 11.6 Å². The molecule has 9 heteroatoms. The first-order valence-electron chi connectivity index (χ1n) is 9.27. The fourth-order valence-electron chi connectivity index (χ4n) is 3.09. The van der Waals surface area contributed by atoms with Crippen molar-refractivity contribution in [1.82, 2.24) is 4.31 Å². The van der Waals surface area contributed by atoms with Crippen LogP contribution in [0, 0.1) is 0 Å².